The van der Waals surface area contributed by atoms with Gasteiger partial charge in [0, 0.05) is 0 Å². The molecule has 0 rings (SSSR count). The summed E-state index contributed by atoms with van der Waals surface area (Å²) < 4.78 is 9.98. The standard InChI is InChI=1S/C5H13O3P.2K/c1-2-3-4-5-9(6,7)8;;/h2-5H2,1H3,(H2,6,7,8);;/q;2*+1/p-2. The molecule has 0 saturated carbocycles. The van der Waals surface area contributed by atoms with Gasteiger partial charge in [0.1, 0.15) is 0 Å². The first kappa shape index (κ1) is 19.9. The molecule has 0 atom stereocenters. The fraction of sp³-hybridized carbons (Fsp3) is 1.00. The van der Waals surface area contributed by atoms with E-state index >= 15 is 0 Å². The van der Waals surface area contributed by atoms with Crippen LogP contribution in [0.4, 0.5) is 0 Å². The van der Waals surface area contributed by atoms with Gasteiger partial charge in [-0.3, -0.25) is 0 Å². The Balaban J connectivity index is -0.000000320. The molecule has 6 heteroatoms. The first-order valence-electron chi connectivity index (χ1n) is 3.07. The molecule has 0 aliphatic heterocycles. The van der Waals surface area contributed by atoms with Crippen LogP contribution in [0.25, 0.3) is 0 Å². The average Bonchev–Trinajstić information content (AvgIpc) is 1.63. The molecular weight excluding hydrogens is 217 g/mol. The molecule has 0 aliphatic carbocycles. The molecule has 0 heterocycles. The van der Waals surface area contributed by atoms with Crippen LogP contribution in [0.2, 0.25) is 0 Å². The van der Waals surface area contributed by atoms with Crippen molar-refractivity contribution in [2.75, 3.05) is 6.16 Å². The molecule has 0 spiro atoms. The summed E-state index contributed by atoms with van der Waals surface area (Å²) in [6.45, 7) is 1.96. The van der Waals surface area contributed by atoms with E-state index in [1.54, 1.807) is 0 Å². The normalized spacial score (nSPS) is 9.73. The minimum atomic E-state index is -4.20. The van der Waals surface area contributed by atoms with Gasteiger partial charge in [0.25, 0.3) is 0 Å². The van der Waals surface area contributed by atoms with E-state index in [2.05, 4.69) is 0 Å². The largest absolute Gasteiger partial charge is 1.00 e. The van der Waals surface area contributed by atoms with E-state index in [-0.39, 0.29) is 109 Å². The van der Waals surface area contributed by atoms with E-state index in [0.717, 1.165) is 12.8 Å². The van der Waals surface area contributed by atoms with Crippen molar-refractivity contribution in [2.24, 2.45) is 0 Å². The average molecular weight is 228 g/mol. The molecule has 0 saturated heterocycles. The minimum Gasteiger partial charge on any atom is -0.811 e. The molecular formula is C5H11K2O3P. The maximum Gasteiger partial charge on any atom is 1.00 e. The van der Waals surface area contributed by atoms with E-state index in [0.29, 0.717) is 6.42 Å². The maximum atomic E-state index is 9.98. The summed E-state index contributed by atoms with van der Waals surface area (Å²) in [5.74, 6) is 0. The Kier molecular flexibility index (Phi) is 20.8. The van der Waals surface area contributed by atoms with Gasteiger partial charge in [-0.2, -0.15) is 0 Å². The molecule has 0 fully saturated rings. The zero-order valence-electron chi connectivity index (χ0n) is 7.50. The third kappa shape index (κ3) is 19.7. The van der Waals surface area contributed by atoms with E-state index in [9.17, 15) is 14.4 Å². The number of hydrogen-bond acceptors (Lipinski definition) is 3. The molecule has 56 valence electrons. The first-order chi connectivity index (χ1) is 4.06. The molecule has 11 heavy (non-hydrogen) atoms. The van der Waals surface area contributed by atoms with Crippen molar-refractivity contribution < 1.29 is 117 Å². The van der Waals surface area contributed by atoms with Crippen LogP contribution in [-0.2, 0) is 4.57 Å². The quantitative estimate of drug-likeness (QED) is 0.273. The summed E-state index contributed by atoms with van der Waals surface area (Å²) in [4.78, 5) is 20.0. The second kappa shape index (κ2) is 11.5. The summed E-state index contributed by atoms with van der Waals surface area (Å²) in [6.07, 6.45) is 2.11. The van der Waals surface area contributed by atoms with Gasteiger partial charge in [-0.25, -0.2) is 0 Å². The molecule has 0 radical (unpaired) electrons. The van der Waals surface area contributed by atoms with Gasteiger partial charge in [0.15, 0.2) is 0 Å². The van der Waals surface area contributed by atoms with Gasteiger partial charge in [0.2, 0.25) is 0 Å². The molecule has 0 bridgehead atoms. The molecule has 3 nitrogen and oxygen atoms in total. The van der Waals surface area contributed by atoms with Gasteiger partial charge in [-0.05, 0) is 12.6 Å². The third-order valence-electron chi connectivity index (χ3n) is 1.04. The van der Waals surface area contributed by atoms with Gasteiger partial charge >= 0.3 is 103 Å². The van der Waals surface area contributed by atoms with Crippen molar-refractivity contribution in [3.63, 3.8) is 0 Å². The molecule has 0 amide bonds. The number of hydrogen-bond donors (Lipinski definition) is 0. The Morgan fingerprint density at radius 3 is 1.91 bits per heavy atom. The Morgan fingerprint density at radius 1 is 1.18 bits per heavy atom. The Hall–Kier alpha value is 3.42. The second-order valence-electron chi connectivity index (χ2n) is 2.04. The van der Waals surface area contributed by atoms with E-state index in [1.807, 2.05) is 6.92 Å². The molecule has 0 aromatic heterocycles. The van der Waals surface area contributed by atoms with Crippen LogP contribution in [0, 0.1) is 0 Å². The van der Waals surface area contributed by atoms with E-state index < -0.39 is 7.60 Å². The van der Waals surface area contributed by atoms with Crippen molar-refractivity contribution in [3.8, 4) is 0 Å². The SMILES string of the molecule is CCCCCP(=O)([O-])[O-].[K+].[K+]. The van der Waals surface area contributed by atoms with E-state index in [1.165, 1.54) is 0 Å². The molecule has 0 unspecified atom stereocenters. The third-order valence-corrected chi connectivity index (χ3v) is 1.90. The second-order valence-corrected chi connectivity index (χ2v) is 3.71. The van der Waals surface area contributed by atoms with Crippen LogP contribution in [0.5, 0.6) is 0 Å². The zero-order chi connectivity index (χ0) is 7.33. The Morgan fingerprint density at radius 2 is 1.64 bits per heavy atom. The maximum absolute atomic E-state index is 9.98. The van der Waals surface area contributed by atoms with E-state index in [4.69, 9.17) is 0 Å². The molecule has 0 aromatic rings. The topological polar surface area (TPSA) is 63.2 Å². The predicted octanol–water partition coefficient (Wildman–Crippen LogP) is -5.90. The molecule has 0 aliphatic rings. The number of rotatable bonds is 4. The van der Waals surface area contributed by atoms with Gasteiger partial charge in [-0.1, -0.05) is 27.4 Å². The van der Waals surface area contributed by atoms with Crippen molar-refractivity contribution in [1.29, 1.82) is 0 Å². The number of unbranched alkanes of at least 4 members (excludes halogenated alkanes) is 2. The van der Waals surface area contributed by atoms with Crippen molar-refractivity contribution in [3.05, 3.63) is 0 Å². The first-order valence-corrected chi connectivity index (χ1v) is 4.80. The zero-order valence-corrected chi connectivity index (χ0v) is 14.6. The van der Waals surface area contributed by atoms with Crippen LogP contribution in [-0.4, -0.2) is 6.16 Å². The van der Waals surface area contributed by atoms with Crippen LogP contribution in [0.1, 0.15) is 26.2 Å². The summed E-state index contributed by atoms with van der Waals surface area (Å²) >= 11 is 0. The van der Waals surface area contributed by atoms with Crippen LogP contribution in [0.15, 0.2) is 0 Å². The van der Waals surface area contributed by atoms with Crippen LogP contribution < -0.4 is 113 Å². The van der Waals surface area contributed by atoms with Crippen molar-refractivity contribution >= 4 is 7.60 Å². The molecule has 0 N–H and O–H groups in total. The fourth-order valence-corrected chi connectivity index (χ4v) is 1.17. The summed E-state index contributed by atoms with van der Waals surface area (Å²) in [6, 6.07) is 0. The Bertz CT molecular complexity index is 114. The Labute approximate surface area is 153 Å². The van der Waals surface area contributed by atoms with Crippen LogP contribution in [0.3, 0.4) is 0 Å². The monoisotopic (exact) mass is 228 g/mol. The predicted molar refractivity (Wildman–Crippen MR) is 32.0 cm³/mol. The summed E-state index contributed by atoms with van der Waals surface area (Å²) in [7, 11) is -4.20. The summed E-state index contributed by atoms with van der Waals surface area (Å²) in [5.41, 5.74) is 0. The van der Waals surface area contributed by atoms with Gasteiger partial charge in [0.05, 0.1) is 0 Å². The van der Waals surface area contributed by atoms with Crippen molar-refractivity contribution in [2.45, 2.75) is 26.2 Å². The fourth-order valence-electron chi connectivity index (χ4n) is 0.555. The van der Waals surface area contributed by atoms with Crippen LogP contribution >= 0.6 is 7.60 Å². The molecule has 0 aromatic carbocycles. The van der Waals surface area contributed by atoms with Crippen molar-refractivity contribution in [1.82, 2.24) is 0 Å². The summed E-state index contributed by atoms with van der Waals surface area (Å²) in [5, 5.41) is 0. The smallest absolute Gasteiger partial charge is 0.811 e. The minimum absolute atomic E-state index is 0. The van der Waals surface area contributed by atoms with Gasteiger partial charge < -0.3 is 14.4 Å². The van der Waals surface area contributed by atoms with Gasteiger partial charge in [-0.15, -0.1) is 0 Å².